The van der Waals surface area contributed by atoms with Crippen molar-refractivity contribution in [2.45, 2.75) is 19.5 Å². The van der Waals surface area contributed by atoms with Gasteiger partial charge in [-0.2, -0.15) is 4.73 Å². The number of hydrogen-bond acceptors (Lipinski definition) is 7. The van der Waals surface area contributed by atoms with Crippen LogP contribution in [0.15, 0.2) is 61.3 Å². The van der Waals surface area contributed by atoms with Crippen LogP contribution in [0.4, 0.5) is 11.6 Å². The normalized spacial score (nSPS) is 12.2. The van der Waals surface area contributed by atoms with E-state index in [2.05, 4.69) is 30.6 Å². The summed E-state index contributed by atoms with van der Waals surface area (Å²) in [5.41, 5.74) is 3.48. The van der Waals surface area contributed by atoms with Crippen LogP contribution < -0.4 is 15.4 Å². The lowest BCUT2D eigenvalue weighted by Crippen LogP contribution is -2.32. The van der Waals surface area contributed by atoms with Crippen LogP contribution in [0, 0.1) is 5.21 Å². The van der Waals surface area contributed by atoms with Crippen molar-refractivity contribution in [1.82, 2.24) is 24.9 Å². The molecule has 0 saturated heterocycles. The molecule has 5 aromatic rings. The lowest BCUT2D eigenvalue weighted by Gasteiger charge is -2.20. The number of pyridine rings is 2. The average molecular weight is 447 g/mol. The molecular weight excluding hydrogens is 428 g/mol. The van der Waals surface area contributed by atoms with Crippen LogP contribution in [-0.2, 0) is 6.54 Å². The number of anilines is 2. The molecule has 0 aliphatic carbocycles. The number of benzene rings is 1. The summed E-state index contributed by atoms with van der Waals surface area (Å²) in [5, 5.41) is 20.3. The molecule has 0 saturated carbocycles. The molecular formula is C22H19ClN8O. The first-order chi connectivity index (χ1) is 15.6. The molecule has 10 heteroatoms. The van der Waals surface area contributed by atoms with Gasteiger partial charge in [-0.3, -0.25) is 0 Å². The van der Waals surface area contributed by atoms with Gasteiger partial charge in [0.15, 0.2) is 17.7 Å². The first-order valence-corrected chi connectivity index (χ1v) is 10.4. The Balaban J connectivity index is 1.53. The van der Waals surface area contributed by atoms with Crippen LogP contribution in [0.1, 0.15) is 24.2 Å². The lowest BCUT2D eigenvalue weighted by atomic mass is 10.1. The third-order valence-corrected chi connectivity index (χ3v) is 5.51. The number of nitrogens with one attached hydrogen (secondary N) is 3. The fourth-order valence-corrected chi connectivity index (χ4v) is 3.81. The Hall–Kier alpha value is -3.98. The number of nitrogens with zero attached hydrogens (tertiary/aromatic N) is 5. The van der Waals surface area contributed by atoms with Crippen LogP contribution in [0.5, 0.6) is 0 Å². The highest BCUT2D eigenvalue weighted by Gasteiger charge is 2.18. The summed E-state index contributed by atoms with van der Waals surface area (Å²) in [7, 11) is 0. The minimum atomic E-state index is -0.176. The number of imidazole rings is 1. The quantitative estimate of drug-likeness (QED) is 0.266. The highest BCUT2D eigenvalue weighted by Crippen LogP contribution is 2.31. The first-order valence-electron chi connectivity index (χ1n) is 10.0. The standard InChI is InChI=1S/C22H19ClN8O/c1-13(29-22-19-21(26-11-25-19)27-12-28-22)16-9-14-5-4-7-17(23)18(14)30-20(16)24-10-15-6-2-3-8-31(15)32/h2-9,11-13H,10H2,1H3,(H,24,30)(H2,25,26,27,28,29)/t13-/m0/s1. The Labute approximate surface area is 188 Å². The summed E-state index contributed by atoms with van der Waals surface area (Å²) in [6, 6.07) is 12.8. The fourth-order valence-electron chi connectivity index (χ4n) is 3.58. The van der Waals surface area contributed by atoms with E-state index in [4.69, 9.17) is 16.6 Å². The van der Waals surface area contributed by atoms with Gasteiger partial charge in [0.2, 0.25) is 5.69 Å². The molecule has 1 atom stereocenters. The van der Waals surface area contributed by atoms with E-state index in [1.165, 1.54) is 12.5 Å². The van der Waals surface area contributed by atoms with E-state index in [9.17, 15) is 5.21 Å². The van der Waals surface area contributed by atoms with Crippen molar-refractivity contribution >= 4 is 45.3 Å². The van der Waals surface area contributed by atoms with E-state index >= 15 is 0 Å². The molecule has 0 aliphatic heterocycles. The zero-order chi connectivity index (χ0) is 22.1. The van der Waals surface area contributed by atoms with E-state index in [1.54, 1.807) is 24.5 Å². The molecule has 0 unspecified atom stereocenters. The second-order valence-corrected chi connectivity index (χ2v) is 7.71. The Morgan fingerprint density at radius 1 is 1.12 bits per heavy atom. The van der Waals surface area contributed by atoms with Crippen molar-refractivity contribution < 1.29 is 4.73 Å². The van der Waals surface area contributed by atoms with Gasteiger partial charge in [0.1, 0.15) is 24.2 Å². The Morgan fingerprint density at radius 2 is 2.03 bits per heavy atom. The van der Waals surface area contributed by atoms with Crippen LogP contribution in [0.25, 0.3) is 22.1 Å². The maximum atomic E-state index is 12.1. The van der Waals surface area contributed by atoms with Crippen molar-refractivity contribution in [3.8, 4) is 0 Å². The summed E-state index contributed by atoms with van der Waals surface area (Å²) >= 11 is 6.40. The first kappa shape index (κ1) is 20.0. The van der Waals surface area contributed by atoms with E-state index in [-0.39, 0.29) is 6.04 Å². The molecule has 0 aliphatic rings. The molecule has 32 heavy (non-hydrogen) atoms. The molecule has 9 nitrogen and oxygen atoms in total. The van der Waals surface area contributed by atoms with Gasteiger partial charge in [-0.15, -0.1) is 0 Å². The van der Waals surface area contributed by atoms with Crippen LogP contribution in [0.3, 0.4) is 0 Å². The van der Waals surface area contributed by atoms with Gasteiger partial charge in [-0.05, 0) is 25.1 Å². The van der Waals surface area contributed by atoms with Gasteiger partial charge in [-0.25, -0.2) is 19.9 Å². The fraction of sp³-hybridized carbons (Fsp3) is 0.136. The molecule has 3 N–H and O–H groups in total. The molecule has 0 radical (unpaired) electrons. The minimum absolute atomic E-state index is 0.176. The highest BCUT2D eigenvalue weighted by molar-refractivity contribution is 6.35. The average Bonchev–Trinajstić information content (AvgIpc) is 3.28. The molecule has 4 aromatic heterocycles. The molecule has 4 heterocycles. The third kappa shape index (κ3) is 3.74. The topological polar surface area (TPSA) is 118 Å². The SMILES string of the molecule is C[C@H](Nc1ncnc2nc[nH]c12)c1cc2cccc(Cl)c2nc1NCc1cccc[n+]1[O-]. The van der Waals surface area contributed by atoms with E-state index in [0.717, 1.165) is 21.2 Å². The zero-order valence-corrected chi connectivity index (χ0v) is 17.8. The monoisotopic (exact) mass is 446 g/mol. The lowest BCUT2D eigenvalue weighted by molar-refractivity contribution is -0.613. The van der Waals surface area contributed by atoms with Gasteiger partial charge < -0.3 is 20.8 Å². The number of aromatic amines is 1. The van der Waals surface area contributed by atoms with Crippen molar-refractivity contribution in [3.05, 3.63) is 82.8 Å². The molecule has 0 amide bonds. The number of fused-ring (bicyclic) bond motifs is 2. The summed E-state index contributed by atoms with van der Waals surface area (Å²) in [6.07, 6.45) is 4.52. The second-order valence-electron chi connectivity index (χ2n) is 7.30. The maximum absolute atomic E-state index is 12.1. The maximum Gasteiger partial charge on any atom is 0.211 e. The largest absolute Gasteiger partial charge is 0.618 e. The second kappa shape index (κ2) is 8.27. The van der Waals surface area contributed by atoms with Crippen LogP contribution >= 0.6 is 11.6 Å². The van der Waals surface area contributed by atoms with Gasteiger partial charge in [0.25, 0.3) is 0 Å². The third-order valence-electron chi connectivity index (χ3n) is 5.21. The van der Waals surface area contributed by atoms with Gasteiger partial charge in [-0.1, -0.05) is 23.7 Å². The van der Waals surface area contributed by atoms with Gasteiger partial charge >= 0.3 is 0 Å². The molecule has 0 bridgehead atoms. The smallest absolute Gasteiger partial charge is 0.211 e. The summed E-state index contributed by atoms with van der Waals surface area (Å²) in [6.45, 7) is 2.32. The summed E-state index contributed by atoms with van der Waals surface area (Å²) < 4.78 is 0.832. The predicted molar refractivity (Wildman–Crippen MR) is 123 cm³/mol. The number of H-pyrrole nitrogens is 1. The van der Waals surface area contributed by atoms with Crippen molar-refractivity contribution in [1.29, 1.82) is 0 Å². The van der Waals surface area contributed by atoms with Crippen molar-refractivity contribution in [2.75, 3.05) is 10.6 Å². The summed E-state index contributed by atoms with van der Waals surface area (Å²) in [5.74, 6) is 1.27. The zero-order valence-electron chi connectivity index (χ0n) is 17.1. The van der Waals surface area contributed by atoms with Crippen molar-refractivity contribution in [3.63, 3.8) is 0 Å². The number of aromatic nitrogens is 6. The van der Waals surface area contributed by atoms with E-state index in [1.807, 2.05) is 31.2 Å². The summed E-state index contributed by atoms with van der Waals surface area (Å²) in [4.78, 5) is 20.5. The molecule has 0 fully saturated rings. The number of para-hydroxylation sites is 1. The number of hydrogen-bond donors (Lipinski definition) is 3. The Bertz CT molecular complexity index is 1420. The Kier molecular flexibility index (Phi) is 5.16. The number of rotatable bonds is 6. The number of halogens is 1. The molecule has 5 rings (SSSR count). The Morgan fingerprint density at radius 3 is 2.91 bits per heavy atom. The molecule has 160 valence electrons. The minimum Gasteiger partial charge on any atom is -0.618 e. The van der Waals surface area contributed by atoms with E-state index in [0.29, 0.717) is 40.1 Å². The van der Waals surface area contributed by atoms with E-state index < -0.39 is 0 Å². The van der Waals surface area contributed by atoms with Gasteiger partial charge in [0, 0.05) is 23.1 Å². The molecule has 1 aromatic carbocycles. The van der Waals surface area contributed by atoms with Crippen molar-refractivity contribution in [2.24, 2.45) is 0 Å². The van der Waals surface area contributed by atoms with Crippen LogP contribution in [-0.4, -0.2) is 24.9 Å². The van der Waals surface area contributed by atoms with Gasteiger partial charge in [0.05, 0.1) is 22.9 Å². The molecule has 0 spiro atoms. The highest BCUT2D eigenvalue weighted by atomic mass is 35.5. The predicted octanol–water partition coefficient (Wildman–Crippen LogP) is 3.97. The van der Waals surface area contributed by atoms with Crippen LogP contribution in [0.2, 0.25) is 5.02 Å².